The summed E-state index contributed by atoms with van der Waals surface area (Å²) in [6.45, 7) is 2.40. The van der Waals surface area contributed by atoms with Crippen molar-refractivity contribution in [3.63, 3.8) is 0 Å². The first-order valence-corrected chi connectivity index (χ1v) is 11.4. The molecule has 2 aliphatic heterocycles. The van der Waals surface area contributed by atoms with E-state index in [0.717, 1.165) is 44.1 Å². The lowest BCUT2D eigenvalue weighted by Gasteiger charge is -2.23. The highest BCUT2D eigenvalue weighted by molar-refractivity contribution is 14.0. The molecular formula is C25H29F2IN4O. The molecule has 5 nitrogen and oxygen atoms in total. The minimum absolute atomic E-state index is 0. The number of anilines is 1. The van der Waals surface area contributed by atoms with Gasteiger partial charge in [0.1, 0.15) is 11.6 Å². The van der Waals surface area contributed by atoms with Gasteiger partial charge in [0.2, 0.25) is 5.91 Å². The predicted molar refractivity (Wildman–Crippen MR) is 136 cm³/mol. The Balaban J connectivity index is 0.00000259. The van der Waals surface area contributed by atoms with Gasteiger partial charge in [-0.2, -0.15) is 0 Å². The van der Waals surface area contributed by atoms with Gasteiger partial charge in [-0.25, -0.2) is 8.78 Å². The Morgan fingerprint density at radius 1 is 1.15 bits per heavy atom. The molecule has 0 radical (unpaired) electrons. The van der Waals surface area contributed by atoms with Crippen LogP contribution in [0, 0.1) is 11.6 Å². The molecule has 2 aromatic carbocycles. The Labute approximate surface area is 210 Å². The smallest absolute Gasteiger partial charge is 0.222 e. The van der Waals surface area contributed by atoms with Crippen LogP contribution in [-0.4, -0.2) is 49.5 Å². The van der Waals surface area contributed by atoms with Crippen molar-refractivity contribution in [1.82, 2.24) is 10.2 Å². The van der Waals surface area contributed by atoms with Crippen molar-refractivity contribution in [1.29, 1.82) is 0 Å². The number of halogens is 3. The largest absolute Gasteiger partial charge is 0.353 e. The van der Waals surface area contributed by atoms with E-state index in [9.17, 15) is 13.6 Å². The molecule has 0 bridgehead atoms. The van der Waals surface area contributed by atoms with E-state index in [2.05, 4.69) is 27.3 Å². The zero-order chi connectivity index (χ0) is 22.2. The van der Waals surface area contributed by atoms with Crippen molar-refractivity contribution in [2.75, 3.05) is 31.6 Å². The number of carbonyl (C=O) groups is 1. The van der Waals surface area contributed by atoms with Crippen LogP contribution >= 0.6 is 24.0 Å². The maximum Gasteiger partial charge on any atom is 0.222 e. The molecule has 1 aliphatic carbocycles. The summed E-state index contributed by atoms with van der Waals surface area (Å²) in [4.78, 5) is 20.6. The van der Waals surface area contributed by atoms with Crippen molar-refractivity contribution in [3.8, 4) is 0 Å². The van der Waals surface area contributed by atoms with E-state index in [0.29, 0.717) is 18.8 Å². The number of amides is 1. The molecule has 0 spiro atoms. The van der Waals surface area contributed by atoms with Crippen LogP contribution in [0.1, 0.15) is 48.6 Å². The summed E-state index contributed by atoms with van der Waals surface area (Å²) in [6.07, 6.45) is 3.19. The van der Waals surface area contributed by atoms with E-state index in [1.54, 1.807) is 7.05 Å². The van der Waals surface area contributed by atoms with Crippen LogP contribution < -0.4 is 10.2 Å². The van der Waals surface area contributed by atoms with Crippen LogP contribution in [0.5, 0.6) is 0 Å². The average molecular weight is 566 g/mol. The van der Waals surface area contributed by atoms with Gasteiger partial charge in [0.15, 0.2) is 5.96 Å². The Hall–Kier alpha value is -2.23. The summed E-state index contributed by atoms with van der Waals surface area (Å²) in [5.41, 5.74) is 2.53. The summed E-state index contributed by atoms with van der Waals surface area (Å²) in [7, 11) is 1.74. The zero-order valence-corrected chi connectivity index (χ0v) is 21.0. The predicted octanol–water partition coefficient (Wildman–Crippen LogP) is 4.63. The molecule has 2 aromatic rings. The fraction of sp³-hybridized carbons (Fsp3) is 0.440. The number of nitrogens with zero attached hydrogens (tertiary/aromatic N) is 3. The van der Waals surface area contributed by atoms with Crippen LogP contribution in [-0.2, 0) is 4.79 Å². The molecular weight excluding hydrogens is 537 g/mol. The standard InChI is InChI=1S/C25H28F2N4O.HI/c1-28-25(29-21-14-18(21)24-19(26)7-4-8-20(24)27)31-15-16(17-6-2-3-9-22(17)31)11-13-30-12-5-10-23(30)32;/h2-4,6-9,16,18,21H,5,10-15H2,1H3,(H,28,29);1H. The van der Waals surface area contributed by atoms with Gasteiger partial charge in [-0.1, -0.05) is 24.3 Å². The maximum absolute atomic E-state index is 14.2. The van der Waals surface area contributed by atoms with Crippen molar-refractivity contribution in [2.45, 2.75) is 43.6 Å². The fourth-order valence-electron chi connectivity index (χ4n) is 5.16. The van der Waals surface area contributed by atoms with Crippen LogP contribution in [0.2, 0.25) is 0 Å². The SMILES string of the molecule is CN=C(NC1CC1c1c(F)cccc1F)N1CC(CCN2CCCC2=O)c2ccccc21.I. The third-order valence-electron chi connectivity index (χ3n) is 6.93. The number of para-hydroxylation sites is 1. The molecule has 2 fully saturated rings. The van der Waals surface area contributed by atoms with E-state index in [-0.39, 0.29) is 47.4 Å². The second kappa shape index (κ2) is 9.95. The molecule has 176 valence electrons. The number of carbonyl (C=O) groups excluding carboxylic acids is 1. The van der Waals surface area contributed by atoms with Crippen molar-refractivity contribution < 1.29 is 13.6 Å². The highest BCUT2D eigenvalue weighted by Crippen LogP contribution is 2.44. The molecule has 1 saturated carbocycles. The van der Waals surface area contributed by atoms with Crippen LogP contribution in [0.3, 0.4) is 0 Å². The second-order valence-electron chi connectivity index (χ2n) is 8.91. The molecule has 2 heterocycles. The number of rotatable bonds is 5. The quantitative estimate of drug-likeness (QED) is 0.326. The number of likely N-dealkylation sites (tertiary alicyclic amines) is 1. The van der Waals surface area contributed by atoms with Gasteiger partial charge in [-0.3, -0.25) is 9.79 Å². The lowest BCUT2D eigenvalue weighted by atomic mass is 9.98. The number of hydrogen-bond acceptors (Lipinski definition) is 2. The Morgan fingerprint density at radius 3 is 2.61 bits per heavy atom. The van der Waals surface area contributed by atoms with Gasteiger partial charge in [0, 0.05) is 62.2 Å². The third kappa shape index (κ3) is 4.72. The first kappa shape index (κ1) is 23.9. The third-order valence-corrected chi connectivity index (χ3v) is 6.93. The number of benzene rings is 2. The Bertz CT molecular complexity index is 1040. The van der Waals surface area contributed by atoms with Crippen molar-refractivity contribution in [3.05, 3.63) is 65.2 Å². The van der Waals surface area contributed by atoms with E-state index < -0.39 is 11.6 Å². The molecule has 1 N–H and O–H groups in total. The number of nitrogens with one attached hydrogen (secondary N) is 1. The second-order valence-corrected chi connectivity index (χ2v) is 8.91. The van der Waals surface area contributed by atoms with E-state index in [1.807, 2.05) is 17.0 Å². The highest BCUT2D eigenvalue weighted by atomic mass is 127. The molecule has 8 heteroatoms. The zero-order valence-electron chi connectivity index (χ0n) is 18.6. The van der Waals surface area contributed by atoms with Gasteiger partial charge < -0.3 is 15.1 Å². The van der Waals surface area contributed by atoms with E-state index in [1.165, 1.54) is 23.8 Å². The topological polar surface area (TPSA) is 47.9 Å². The van der Waals surface area contributed by atoms with Crippen LogP contribution in [0.25, 0.3) is 0 Å². The number of guanidine groups is 1. The van der Waals surface area contributed by atoms with Gasteiger partial charge in [-0.05, 0) is 43.0 Å². The first-order valence-electron chi connectivity index (χ1n) is 11.4. The minimum Gasteiger partial charge on any atom is -0.353 e. The number of aliphatic imine (C=N–C) groups is 1. The number of fused-ring (bicyclic) bond motifs is 1. The van der Waals surface area contributed by atoms with Gasteiger partial charge in [0.25, 0.3) is 0 Å². The first-order chi connectivity index (χ1) is 15.6. The summed E-state index contributed by atoms with van der Waals surface area (Å²) in [6, 6.07) is 12.3. The van der Waals surface area contributed by atoms with E-state index in [4.69, 9.17) is 0 Å². The molecule has 33 heavy (non-hydrogen) atoms. The van der Waals surface area contributed by atoms with Gasteiger partial charge >= 0.3 is 0 Å². The fourth-order valence-corrected chi connectivity index (χ4v) is 5.16. The monoisotopic (exact) mass is 566 g/mol. The van der Waals surface area contributed by atoms with Gasteiger partial charge in [0.05, 0.1) is 0 Å². The van der Waals surface area contributed by atoms with Crippen molar-refractivity contribution in [2.24, 2.45) is 4.99 Å². The molecule has 3 aliphatic rings. The van der Waals surface area contributed by atoms with Crippen LogP contribution in [0.15, 0.2) is 47.5 Å². The molecule has 3 unspecified atom stereocenters. The normalized spacial score (nSPS) is 24.0. The van der Waals surface area contributed by atoms with Crippen molar-refractivity contribution >= 4 is 41.5 Å². The maximum atomic E-state index is 14.2. The molecule has 5 rings (SSSR count). The number of hydrogen-bond donors (Lipinski definition) is 1. The summed E-state index contributed by atoms with van der Waals surface area (Å²) >= 11 is 0. The minimum atomic E-state index is -0.489. The lowest BCUT2D eigenvalue weighted by Crippen LogP contribution is -2.42. The Morgan fingerprint density at radius 2 is 1.91 bits per heavy atom. The summed E-state index contributed by atoms with van der Waals surface area (Å²) in [5, 5.41) is 3.43. The summed E-state index contributed by atoms with van der Waals surface area (Å²) < 4.78 is 28.4. The molecule has 3 atom stereocenters. The summed E-state index contributed by atoms with van der Waals surface area (Å²) in [5.74, 6) is 0.113. The molecule has 1 saturated heterocycles. The van der Waals surface area contributed by atoms with Crippen LogP contribution in [0.4, 0.5) is 14.5 Å². The average Bonchev–Trinajstić information content (AvgIpc) is 3.25. The lowest BCUT2D eigenvalue weighted by molar-refractivity contribution is -0.127. The van der Waals surface area contributed by atoms with E-state index >= 15 is 0 Å². The molecule has 1 amide bonds. The highest BCUT2D eigenvalue weighted by Gasteiger charge is 2.43. The van der Waals surface area contributed by atoms with Gasteiger partial charge in [-0.15, -0.1) is 24.0 Å². The Kier molecular flexibility index (Phi) is 7.21. The molecule has 0 aromatic heterocycles.